The monoisotopic (exact) mass is 315 g/mol. The van der Waals surface area contributed by atoms with E-state index in [1.807, 2.05) is 0 Å². The minimum atomic E-state index is -4.54. The van der Waals surface area contributed by atoms with Gasteiger partial charge in [0.2, 0.25) is 0 Å². The Kier molecular flexibility index (Phi) is 4.41. The van der Waals surface area contributed by atoms with Crippen LogP contribution in [0.15, 0.2) is 27.8 Å². The zero-order valence-electron chi connectivity index (χ0n) is 12.2. The van der Waals surface area contributed by atoms with Crippen LogP contribution in [0.25, 0.3) is 10.9 Å². The Hall–Kier alpha value is -2.09. The summed E-state index contributed by atoms with van der Waals surface area (Å²) in [5, 5.41) is 2.77. The molecule has 0 saturated carbocycles. The van der Waals surface area contributed by atoms with Gasteiger partial charge in [0, 0.05) is 13.6 Å². The highest BCUT2D eigenvalue weighted by Gasteiger charge is 2.31. The second-order valence-electron chi connectivity index (χ2n) is 4.99. The first-order valence-electron chi connectivity index (χ1n) is 6.72. The molecule has 120 valence electrons. The number of fused-ring (bicyclic) bond motifs is 1. The predicted molar refractivity (Wildman–Crippen MR) is 77.0 cm³/mol. The van der Waals surface area contributed by atoms with Crippen molar-refractivity contribution in [1.82, 2.24) is 14.5 Å². The van der Waals surface area contributed by atoms with Crippen LogP contribution < -0.4 is 16.6 Å². The molecule has 1 aromatic heterocycles. The number of aromatic nitrogens is 2. The first-order valence-corrected chi connectivity index (χ1v) is 6.72. The Morgan fingerprint density at radius 1 is 1.23 bits per heavy atom. The molecule has 0 bridgehead atoms. The molecule has 2 aromatic rings. The van der Waals surface area contributed by atoms with Gasteiger partial charge in [0.1, 0.15) is 0 Å². The maximum atomic E-state index is 12.8. The largest absolute Gasteiger partial charge is 0.416 e. The molecule has 1 N–H and O–H groups in total. The molecule has 5 nitrogen and oxygen atoms in total. The van der Waals surface area contributed by atoms with Gasteiger partial charge in [-0.25, -0.2) is 4.79 Å². The molecule has 0 unspecified atom stereocenters. The molecular weight excluding hydrogens is 299 g/mol. The van der Waals surface area contributed by atoms with Crippen LogP contribution in [0.5, 0.6) is 0 Å². The fourth-order valence-electron chi connectivity index (χ4n) is 2.30. The van der Waals surface area contributed by atoms with Crippen molar-refractivity contribution in [3.8, 4) is 0 Å². The number of aryl methyl sites for hydroxylation is 1. The number of halogens is 3. The van der Waals surface area contributed by atoms with Crippen LogP contribution >= 0.6 is 0 Å². The lowest BCUT2D eigenvalue weighted by molar-refractivity contribution is -0.137. The van der Waals surface area contributed by atoms with Gasteiger partial charge in [0.15, 0.2) is 0 Å². The van der Waals surface area contributed by atoms with Crippen LogP contribution in [0.2, 0.25) is 0 Å². The molecule has 0 atom stereocenters. The van der Waals surface area contributed by atoms with Crippen molar-refractivity contribution in [3.05, 3.63) is 44.6 Å². The highest BCUT2D eigenvalue weighted by molar-refractivity contribution is 5.78. The van der Waals surface area contributed by atoms with Gasteiger partial charge in [-0.1, -0.05) is 0 Å². The molecule has 8 heteroatoms. The van der Waals surface area contributed by atoms with E-state index in [1.54, 1.807) is 7.05 Å². The maximum absolute atomic E-state index is 12.8. The lowest BCUT2D eigenvalue weighted by Crippen LogP contribution is -2.39. The van der Waals surface area contributed by atoms with Crippen molar-refractivity contribution < 1.29 is 13.2 Å². The third-order valence-corrected chi connectivity index (χ3v) is 3.49. The first kappa shape index (κ1) is 16.3. The van der Waals surface area contributed by atoms with Gasteiger partial charge in [0.25, 0.3) is 5.56 Å². The fourth-order valence-corrected chi connectivity index (χ4v) is 2.30. The Morgan fingerprint density at radius 3 is 2.50 bits per heavy atom. The molecule has 0 saturated heterocycles. The number of nitrogens with zero attached hydrogens (tertiary/aromatic N) is 2. The van der Waals surface area contributed by atoms with E-state index in [9.17, 15) is 22.8 Å². The van der Waals surface area contributed by atoms with Crippen molar-refractivity contribution in [2.45, 2.75) is 19.1 Å². The zero-order chi connectivity index (χ0) is 16.5. The van der Waals surface area contributed by atoms with Crippen LogP contribution in [0.1, 0.15) is 12.0 Å². The highest BCUT2D eigenvalue weighted by atomic mass is 19.4. The van der Waals surface area contributed by atoms with E-state index >= 15 is 0 Å². The SMILES string of the molecule is CNCCCn1c(=O)c2cc(C(F)(F)F)ccc2n(C)c1=O. The quantitative estimate of drug-likeness (QED) is 0.866. The molecule has 0 fully saturated rings. The van der Waals surface area contributed by atoms with Gasteiger partial charge >= 0.3 is 11.9 Å². The summed E-state index contributed by atoms with van der Waals surface area (Å²) < 4.78 is 40.5. The molecule has 2 rings (SSSR count). The summed E-state index contributed by atoms with van der Waals surface area (Å²) in [6.07, 6.45) is -4.01. The van der Waals surface area contributed by atoms with Crippen molar-refractivity contribution in [2.24, 2.45) is 7.05 Å². The normalized spacial score (nSPS) is 12.0. The lowest BCUT2D eigenvalue weighted by atomic mass is 10.1. The Bertz CT molecular complexity index is 806. The average molecular weight is 315 g/mol. The van der Waals surface area contributed by atoms with Crippen molar-refractivity contribution in [2.75, 3.05) is 13.6 Å². The van der Waals surface area contributed by atoms with Crippen LogP contribution in [0.4, 0.5) is 13.2 Å². The number of benzene rings is 1. The number of nitrogens with one attached hydrogen (secondary N) is 1. The number of rotatable bonds is 4. The Labute approximate surface area is 124 Å². The van der Waals surface area contributed by atoms with Crippen LogP contribution in [0.3, 0.4) is 0 Å². The smallest absolute Gasteiger partial charge is 0.320 e. The first-order chi connectivity index (χ1) is 10.3. The molecule has 0 amide bonds. The minimum Gasteiger partial charge on any atom is -0.320 e. The van der Waals surface area contributed by atoms with Crippen LogP contribution in [-0.4, -0.2) is 22.7 Å². The summed E-state index contributed by atoms with van der Waals surface area (Å²) in [5.74, 6) is 0. The summed E-state index contributed by atoms with van der Waals surface area (Å²) in [6.45, 7) is 0.745. The standard InChI is InChI=1S/C14H16F3N3O2/c1-18-6-3-7-20-12(21)10-8-9(14(15,16)17)4-5-11(10)19(2)13(20)22/h4-5,8,18H,3,6-7H2,1-2H3. The van der Waals surface area contributed by atoms with E-state index in [2.05, 4.69) is 5.32 Å². The maximum Gasteiger partial charge on any atom is 0.416 e. The van der Waals surface area contributed by atoms with E-state index in [-0.39, 0.29) is 17.4 Å². The van der Waals surface area contributed by atoms with Gasteiger partial charge in [0.05, 0.1) is 16.5 Å². The van der Waals surface area contributed by atoms with E-state index in [0.717, 1.165) is 22.8 Å². The summed E-state index contributed by atoms with van der Waals surface area (Å²) in [5.41, 5.74) is -1.95. The van der Waals surface area contributed by atoms with E-state index in [0.29, 0.717) is 13.0 Å². The van der Waals surface area contributed by atoms with E-state index in [1.165, 1.54) is 11.6 Å². The summed E-state index contributed by atoms with van der Waals surface area (Å²) in [7, 11) is 3.17. The summed E-state index contributed by atoms with van der Waals surface area (Å²) in [4.78, 5) is 24.5. The van der Waals surface area contributed by atoms with Crippen molar-refractivity contribution in [3.63, 3.8) is 0 Å². The molecule has 0 radical (unpaired) electrons. The molecule has 0 spiro atoms. The highest BCUT2D eigenvalue weighted by Crippen LogP contribution is 2.30. The number of hydrogen-bond acceptors (Lipinski definition) is 3. The molecular formula is C14H16F3N3O2. The molecule has 0 aliphatic carbocycles. The molecule has 1 aromatic carbocycles. The lowest BCUT2D eigenvalue weighted by Gasteiger charge is -2.12. The zero-order valence-corrected chi connectivity index (χ0v) is 12.2. The molecule has 0 aliphatic rings. The number of alkyl halides is 3. The second kappa shape index (κ2) is 5.96. The topological polar surface area (TPSA) is 56.0 Å². The fraction of sp³-hybridized carbons (Fsp3) is 0.429. The predicted octanol–water partition coefficient (Wildman–Crippen LogP) is 1.33. The summed E-state index contributed by atoms with van der Waals surface area (Å²) >= 11 is 0. The van der Waals surface area contributed by atoms with Gasteiger partial charge < -0.3 is 5.32 Å². The van der Waals surface area contributed by atoms with Crippen LogP contribution in [0, 0.1) is 0 Å². The third kappa shape index (κ3) is 2.92. The Balaban J connectivity index is 2.68. The summed E-state index contributed by atoms with van der Waals surface area (Å²) in [6, 6.07) is 2.82. The average Bonchev–Trinajstić information content (AvgIpc) is 2.47. The van der Waals surface area contributed by atoms with Gasteiger partial charge in [-0.2, -0.15) is 13.2 Å². The van der Waals surface area contributed by atoms with Gasteiger partial charge in [-0.15, -0.1) is 0 Å². The minimum absolute atomic E-state index is 0.110. The number of hydrogen-bond donors (Lipinski definition) is 1. The molecule has 0 aliphatic heterocycles. The van der Waals surface area contributed by atoms with Gasteiger partial charge in [-0.05, 0) is 38.2 Å². The van der Waals surface area contributed by atoms with Crippen molar-refractivity contribution in [1.29, 1.82) is 0 Å². The van der Waals surface area contributed by atoms with E-state index in [4.69, 9.17) is 0 Å². The second-order valence-corrected chi connectivity index (χ2v) is 4.99. The van der Waals surface area contributed by atoms with Crippen molar-refractivity contribution >= 4 is 10.9 Å². The molecule has 22 heavy (non-hydrogen) atoms. The van der Waals surface area contributed by atoms with Crippen LogP contribution in [-0.2, 0) is 19.8 Å². The van der Waals surface area contributed by atoms with E-state index < -0.39 is 23.0 Å². The Morgan fingerprint density at radius 2 is 1.91 bits per heavy atom. The third-order valence-electron chi connectivity index (χ3n) is 3.49. The molecule has 1 heterocycles. The van der Waals surface area contributed by atoms with Gasteiger partial charge in [-0.3, -0.25) is 13.9 Å².